The van der Waals surface area contributed by atoms with Crippen LogP contribution in [0.4, 0.5) is 5.82 Å². The van der Waals surface area contributed by atoms with Gasteiger partial charge in [-0.1, -0.05) is 6.42 Å². The Bertz CT molecular complexity index is 446. The van der Waals surface area contributed by atoms with Gasteiger partial charge in [-0.05, 0) is 68.7 Å². The highest BCUT2D eigenvalue weighted by atomic mass is 15.1. The summed E-state index contributed by atoms with van der Waals surface area (Å²) in [5.41, 5.74) is 1.36. The Morgan fingerprint density at radius 2 is 2.25 bits per heavy atom. The van der Waals surface area contributed by atoms with Crippen LogP contribution in [0.5, 0.6) is 0 Å². The van der Waals surface area contributed by atoms with E-state index in [2.05, 4.69) is 41.3 Å². The highest BCUT2D eigenvalue weighted by Gasteiger charge is 2.39. The van der Waals surface area contributed by atoms with Crippen LogP contribution in [-0.2, 0) is 6.54 Å². The van der Waals surface area contributed by atoms with Crippen LogP contribution in [0, 0.1) is 17.8 Å². The Labute approximate surface area is 122 Å². The van der Waals surface area contributed by atoms with E-state index < -0.39 is 0 Å². The Morgan fingerprint density at radius 3 is 2.95 bits per heavy atom. The van der Waals surface area contributed by atoms with Crippen molar-refractivity contribution in [3.05, 3.63) is 23.9 Å². The average molecular weight is 273 g/mol. The van der Waals surface area contributed by atoms with Gasteiger partial charge in [-0.3, -0.25) is 0 Å². The lowest BCUT2D eigenvalue weighted by molar-refractivity contribution is 0.214. The topological polar surface area (TPSA) is 28.2 Å². The zero-order chi connectivity index (χ0) is 13.9. The Balaban J connectivity index is 1.53. The van der Waals surface area contributed by atoms with Crippen molar-refractivity contribution in [1.82, 2.24) is 9.88 Å². The standard InChI is InChI=1S/C17H27N3/c1-3-18-17-10-14(6-7-19-17)11-20(2)12-16-9-13-4-5-15(16)8-13/h6-7,10,13,15-16H,3-5,8-9,11-12H2,1-2H3,(H,18,19). The van der Waals surface area contributed by atoms with Crippen LogP contribution in [0.2, 0.25) is 0 Å². The predicted octanol–water partition coefficient (Wildman–Crippen LogP) is 3.38. The summed E-state index contributed by atoms with van der Waals surface area (Å²) in [7, 11) is 2.26. The summed E-state index contributed by atoms with van der Waals surface area (Å²) in [5.74, 6) is 4.03. The average Bonchev–Trinajstić information content (AvgIpc) is 3.01. The van der Waals surface area contributed by atoms with E-state index in [0.29, 0.717) is 0 Å². The minimum Gasteiger partial charge on any atom is -0.370 e. The van der Waals surface area contributed by atoms with Crippen LogP contribution in [0.3, 0.4) is 0 Å². The van der Waals surface area contributed by atoms with Crippen LogP contribution in [0.1, 0.15) is 38.2 Å². The lowest BCUT2D eigenvalue weighted by Gasteiger charge is -2.27. The number of nitrogens with one attached hydrogen (secondary N) is 1. The van der Waals surface area contributed by atoms with E-state index in [9.17, 15) is 0 Å². The van der Waals surface area contributed by atoms with Gasteiger partial charge < -0.3 is 10.2 Å². The second-order valence-electron chi connectivity index (χ2n) is 6.71. The molecule has 0 spiro atoms. The van der Waals surface area contributed by atoms with Crippen molar-refractivity contribution in [3.63, 3.8) is 0 Å². The van der Waals surface area contributed by atoms with Gasteiger partial charge in [-0.15, -0.1) is 0 Å². The molecule has 1 aromatic heterocycles. The van der Waals surface area contributed by atoms with Gasteiger partial charge in [0.2, 0.25) is 0 Å². The molecular formula is C17H27N3. The molecule has 3 heteroatoms. The maximum absolute atomic E-state index is 4.34. The van der Waals surface area contributed by atoms with Gasteiger partial charge in [-0.2, -0.15) is 0 Å². The van der Waals surface area contributed by atoms with E-state index in [4.69, 9.17) is 0 Å². The van der Waals surface area contributed by atoms with E-state index >= 15 is 0 Å². The molecule has 2 aliphatic rings. The van der Waals surface area contributed by atoms with Crippen LogP contribution in [-0.4, -0.2) is 30.0 Å². The lowest BCUT2D eigenvalue weighted by Crippen LogP contribution is -2.28. The second-order valence-corrected chi connectivity index (χ2v) is 6.71. The quantitative estimate of drug-likeness (QED) is 0.861. The molecule has 3 atom stereocenters. The Morgan fingerprint density at radius 1 is 1.35 bits per heavy atom. The normalized spacial score (nSPS) is 28.2. The number of hydrogen-bond acceptors (Lipinski definition) is 3. The van der Waals surface area contributed by atoms with Crippen LogP contribution < -0.4 is 5.32 Å². The summed E-state index contributed by atoms with van der Waals surface area (Å²) in [6.07, 6.45) is 7.90. The molecule has 0 aliphatic heterocycles. The third-order valence-corrected chi connectivity index (χ3v) is 5.07. The summed E-state index contributed by atoms with van der Waals surface area (Å²) in [5, 5.41) is 3.29. The van der Waals surface area contributed by atoms with Crippen molar-refractivity contribution in [2.24, 2.45) is 17.8 Å². The van der Waals surface area contributed by atoms with Crippen molar-refractivity contribution in [2.45, 2.75) is 39.2 Å². The highest BCUT2D eigenvalue weighted by Crippen LogP contribution is 2.48. The van der Waals surface area contributed by atoms with Gasteiger partial charge in [0.15, 0.2) is 0 Å². The molecule has 0 saturated heterocycles. The van der Waals surface area contributed by atoms with Gasteiger partial charge in [0.05, 0.1) is 0 Å². The molecule has 3 unspecified atom stereocenters. The molecule has 1 heterocycles. The highest BCUT2D eigenvalue weighted by molar-refractivity contribution is 5.37. The van der Waals surface area contributed by atoms with Gasteiger partial charge in [0.1, 0.15) is 5.82 Å². The minimum absolute atomic E-state index is 0.928. The number of pyridine rings is 1. The van der Waals surface area contributed by atoms with Crippen molar-refractivity contribution < 1.29 is 0 Å². The van der Waals surface area contributed by atoms with E-state index in [1.165, 1.54) is 37.8 Å². The summed E-state index contributed by atoms with van der Waals surface area (Å²) >= 11 is 0. The molecule has 0 aromatic carbocycles. The predicted molar refractivity (Wildman–Crippen MR) is 83.7 cm³/mol. The third kappa shape index (κ3) is 3.14. The summed E-state index contributed by atoms with van der Waals surface area (Å²) in [6.45, 7) is 5.34. The molecule has 3 rings (SSSR count). The molecule has 2 saturated carbocycles. The van der Waals surface area contributed by atoms with E-state index in [0.717, 1.165) is 36.7 Å². The first-order valence-corrected chi connectivity index (χ1v) is 8.12. The summed E-state index contributed by atoms with van der Waals surface area (Å²) in [6, 6.07) is 4.32. The van der Waals surface area contributed by atoms with Crippen molar-refractivity contribution >= 4 is 5.82 Å². The molecule has 1 aromatic rings. The van der Waals surface area contributed by atoms with Gasteiger partial charge in [0, 0.05) is 25.8 Å². The molecule has 2 bridgehead atoms. The Hall–Kier alpha value is -1.09. The molecule has 1 N–H and O–H groups in total. The second kappa shape index (κ2) is 6.13. The third-order valence-electron chi connectivity index (χ3n) is 5.07. The fourth-order valence-corrected chi connectivity index (χ4v) is 4.23. The molecule has 3 nitrogen and oxygen atoms in total. The number of rotatable bonds is 6. The van der Waals surface area contributed by atoms with E-state index in [-0.39, 0.29) is 0 Å². The molecular weight excluding hydrogens is 246 g/mol. The zero-order valence-electron chi connectivity index (χ0n) is 12.8. The molecule has 0 radical (unpaired) electrons. The zero-order valence-corrected chi connectivity index (χ0v) is 12.8. The first kappa shape index (κ1) is 13.9. The van der Waals surface area contributed by atoms with Crippen LogP contribution in [0.15, 0.2) is 18.3 Å². The molecule has 2 fully saturated rings. The van der Waals surface area contributed by atoms with E-state index in [1.54, 1.807) is 0 Å². The number of nitrogens with zero attached hydrogens (tertiary/aromatic N) is 2. The SMILES string of the molecule is CCNc1cc(CN(C)CC2CC3CCC2C3)ccn1. The van der Waals surface area contributed by atoms with Crippen molar-refractivity contribution in [1.29, 1.82) is 0 Å². The van der Waals surface area contributed by atoms with Gasteiger partial charge in [0.25, 0.3) is 0 Å². The first-order chi connectivity index (χ1) is 9.74. The van der Waals surface area contributed by atoms with Crippen LogP contribution >= 0.6 is 0 Å². The Kier molecular flexibility index (Phi) is 4.25. The molecule has 0 amide bonds. The molecule has 110 valence electrons. The van der Waals surface area contributed by atoms with Gasteiger partial charge >= 0.3 is 0 Å². The molecule has 20 heavy (non-hydrogen) atoms. The number of anilines is 1. The van der Waals surface area contributed by atoms with Crippen LogP contribution in [0.25, 0.3) is 0 Å². The smallest absolute Gasteiger partial charge is 0.126 e. The lowest BCUT2D eigenvalue weighted by atomic mass is 9.88. The summed E-state index contributed by atoms with van der Waals surface area (Å²) < 4.78 is 0. The maximum Gasteiger partial charge on any atom is 0.126 e. The van der Waals surface area contributed by atoms with E-state index in [1.807, 2.05) is 6.20 Å². The molecule has 2 aliphatic carbocycles. The number of hydrogen-bond donors (Lipinski definition) is 1. The fourth-order valence-electron chi connectivity index (χ4n) is 4.23. The largest absolute Gasteiger partial charge is 0.370 e. The van der Waals surface area contributed by atoms with Crippen molar-refractivity contribution in [2.75, 3.05) is 25.5 Å². The fraction of sp³-hybridized carbons (Fsp3) is 0.706. The van der Waals surface area contributed by atoms with Crippen molar-refractivity contribution in [3.8, 4) is 0 Å². The monoisotopic (exact) mass is 273 g/mol. The number of aromatic nitrogens is 1. The minimum atomic E-state index is 0.928. The number of fused-ring (bicyclic) bond motifs is 2. The summed E-state index contributed by atoms with van der Waals surface area (Å²) in [4.78, 5) is 6.84. The first-order valence-electron chi connectivity index (χ1n) is 8.12. The maximum atomic E-state index is 4.34. The van der Waals surface area contributed by atoms with Gasteiger partial charge in [-0.25, -0.2) is 4.98 Å².